The van der Waals surface area contributed by atoms with Crippen LogP contribution in [0, 0.1) is 0 Å². The summed E-state index contributed by atoms with van der Waals surface area (Å²) in [6.45, 7) is 0. The minimum Gasteiger partial charge on any atom is -0.382 e. The van der Waals surface area contributed by atoms with Gasteiger partial charge in [-0.05, 0) is 12.1 Å². The number of fused-ring (bicyclic) bond motifs is 2. The number of carbonyl (C=O) groups is 1. The van der Waals surface area contributed by atoms with Crippen LogP contribution in [-0.2, 0) is 15.1 Å². The zero-order valence-electron chi connectivity index (χ0n) is 12.2. The molecule has 0 radical (unpaired) electrons. The number of carbonyl (C=O) groups excluding carboxylic acids is 1. The van der Waals surface area contributed by atoms with Gasteiger partial charge in [0, 0.05) is 16.8 Å². The predicted octanol–water partition coefficient (Wildman–Crippen LogP) is 1.71. The topological polar surface area (TPSA) is 107 Å². The molecule has 2 aliphatic rings. The number of hydrogen-bond acceptors (Lipinski definition) is 4. The van der Waals surface area contributed by atoms with Gasteiger partial charge in [0.1, 0.15) is 6.10 Å². The average molecular weight is 344 g/mol. The summed E-state index contributed by atoms with van der Waals surface area (Å²) >= 11 is 0. The Morgan fingerprint density at radius 1 is 1.04 bits per heavy atom. The Morgan fingerprint density at radius 2 is 1.71 bits per heavy atom. The van der Waals surface area contributed by atoms with Gasteiger partial charge in [-0.25, -0.2) is 4.31 Å². The number of aliphatic hydroxyl groups is 1. The SMILES string of the molecule is O=C1Nc2ccccc2/C1=C1\C(O)c2ccccc2N1S(=O)(=O)O. The maximum Gasteiger partial charge on any atom is 0.364 e. The first kappa shape index (κ1) is 14.9. The second kappa shape index (κ2) is 4.91. The minimum absolute atomic E-state index is 0.0203. The van der Waals surface area contributed by atoms with E-state index in [1.807, 2.05) is 0 Å². The van der Waals surface area contributed by atoms with Crippen LogP contribution in [0.3, 0.4) is 0 Å². The molecular formula is C16H12N2O5S. The number of aliphatic hydroxyl groups excluding tert-OH is 1. The van der Waals surface area contributed by atoms with Crippen molar-refractivity contribution in [1.82, 2.24) is 0 Å². The summed E-state index contributed by atoms with van der Waals surface area (Å²) in [6, 6.07) is 13.0. The summed E-state index contributed by atoms with van der Waals surface area (Å²) in [7, 11) is -4.73. The van der Waals surface area contributed by atoms with Crippen LogP contribution in [0.15, 0.2) is 54.2 Å². The third kappa shape index (κ3) is 1.97. The number of para-hydroxylation sites is 2. The van der Waals surface area contributed by atoms with Crippen LogP contribution in [0.5, 0.6) is 0 Å². The van der Waals surface area contributed by atoms with E-state index in [-0.39, 0.29) is 17.0 Å². The molecule has 1 atom stereocenters. The fourth-order valence-corrected chi connectivity index (χ4v) is 4.00. The van der Waals surface area contributed by atoms with Gasteiger partial charge in [0.05, 0.1) is 17.0 Å². The summed E-state index contributed by atoms with van der Waals surface area (Å²) in [5, 5.41) is 13.3. The van der Waals surface area contributed by atoms with Crippen LogP contribution in [0.25, 0.3) is 5.57 Å². The molecule has 3 N–H and O–H groups in total. The van der Waals surface area contributed by atoms with E-state index in [2.05, 4.69) is 5.32 Å². The van der Waals surface area contributed by atoms with E-state index in [0.29, 0.717) is 21.1 Å². The van der Waals surface area contributed by atoms with E-state index in [9.17, 15) is 22.9 Å². The van der Waals surface area contributed by atoms with E-state index in [4.69, 9.17) is 0 Å². The minimum atomic E-state index is -4.73. The van der Waals surface area contributed by atoms with E-state index in [1.54, 1.807) is 42.5 Å². The number of nitrogens with one attached hydrogen (secondary N) is 1. The van der Waals surface area contributed by atoms with Crippen molar-refractivity contribution >= 4 is 33.2 Å². The highest BCUT2D eigenvalue weighted by Gasteiger charge is 2.43. The molecule has 0 aromatic heterocycles. The summed E-state index contributed by atoms with van der Waals surface area (Å²) < 4.78 is 34.1. The predicted molar refractivity (Wildman–Crippen MR) is 87.4 cm³/mol. The molecule has 7 nitrogen and oxygen atoms in total. The molecule has 2 aromatic carbocycles. The van der Waals surface area contributed by atoms with Crippen molar-refractivity contribution in [2.75, 3.05) is 9.62 Å². The van der Waals surface area contributed by atoms with Crippen molar-refractivity contribution in [1.29, 1.82) is 0 Å². The molecule has 2 aromatic rings. The summed E-state index contributed by atoms with van der Waals surface area (Å²) in [4.78, 5) is 12.4. The van der Waals surface area contributed by atoms with Gasteiger partial charge in [0.15, 0.2) is 0 Å². The normalized spacial score (nSPS) is 22.3. The Balaban J connectivity index is 2.07. The maximum absolute atomic E-state index is 12.4. The number of amides is 1. The molecule has 1 amide bonds. The van der Waals surface area contributed by atoms with Crippen molar-refractivity contribution in [2.24, 2.45) is 0 Å². The molecule has 1 unspecified atom stereocenters. The molecule has 4 rings (SSSR count). The average Bonchev–Trinajstić information content (AvgIpc) is 3.01. The lowest BCUT2D eigenvalue weighted by molar-refractivity contribution is -0.110. The molecule has 0 bridgehead atoms. The smallest absolute Gasteiger partial charge is 0.364 e. The van der Waals surface area contributed by atoms with E-state index in [1.165, 1.54) is 6.07 Å². The lowest BCUT2D eigenvalue weighted by Crippen LogP contribution is -2.29. The summed E-state index contributed by atoms with van der Waals surface area (Å²) in [6.07, 6.45) is -1.35. The first-order valence-electron chi connectivity index (χ1n) is 7.09. The molecule has 0 fully saturated rings. The Labute approximate surface area is 137 Å². The second-order valence-corrected chi connectivity index (χ2v) is 6.72. The van der Waals surface area contributed by atoms with Crippen molar-refractivity contribution in [3.63, 3.8) is 0 Å². The zero-order valence-corrected chi connectivity index (χ0v) is 13.0. The Hall–Kier alpha value is -2.68. The molecular weight excluding hydrogens is 332 g/mol. The van der Waals surface area contributed by atoms with Crippen molar-refractivity contribution in [2.45, 2.75) is 6.10 Å². The highest BCUT2D eigenvalue weighted by atomic mass is 32.2. The fourth-order valence-electron chi connectivity index (χ4n) is 3.15. The molecule has 8 heteroatoms. The van der Waals surface area contributed by atoms with Gasteiger partial charge >= 0.3 is 10.3 Å². The number of nitrogens with zero attached hydrogens (tertiary/aromatic N) is 1. The Kier molecular flexibility index (Phi) is 3.04. The van der Waals surface area contributed by atoms with Crippen LogP contribution in [0.2, 0.25) is 0 Å². The zero-order chi connectivity index (χ0) is 17.1. The van der Waals surface area contributed by atoms with Gasteiger partial charge in [-0.1, -0.05) is 36.4 Å². The molecule has 2 heterocycles. The van der Waals surface area contributed by atoms with Crippen molar-refractivity contribution in [3.8, 4) is 0 Å². The number of rotatable bonds is 1. The van der Waals surface area contributed by atoms with Crippen LogP contribution in [-0.4, -0.2) is 24.0 Å². The van der Waals surface area contributed by atoms with E-state index < -0.39 is 22.3 Å². The standard InChI is InChI=1S/C16H12N2O5S/c19-15-10-6-2-4-8-12(10)18(24(21,22)23)14(15)13-9-5-1-3-7-11(9)17-16(13)20/h1-8,15,19H,(H,17,20)(H,21,22,23)/b14-13-. The molecule has 24 heavy (non-hydrogen) atoms. The third-order valence-corrected chi connectivity index (χ3v) is 4.94. The molecule has 2 aliphatic heterocycles. The lowest BCUT2D eigenvalue weighted by Gasteiger charge is -2.19. The highest BCUT2D eigenvalue weighted by molar-refractivity contribution is 7.87. The van der Waals surface area contributed by atoms with E-state index >= 15 is 0 Å². The van der Waals surface area contributed by atoms with Crippen molar-refractivity contribution < 1.29 is 22.9 Å². The van der Waals surface area contributed by atoms with Gasteiger partial charge in [-0.15, -0.1) is 0 Å². The van der Waals surface area contributed by atoms with Gasteiger partial charge in [0.2, 0.25) is 0 Å². The lowest BCUT2D eigenvalue weighted by atomic mass is 10.0. The highest BCUT2D eigenvalue weighted by Crippen LogP contribution is 2.48. The van der Waals surface area contributed by atoms with Gasteiger partial charge in [0.25, 0.3) is 5.91 Å². The maximum atomic E-state index is 12.4. The molecule has 122 valence electrons. The number of hydrogen-bond donors (Lipinski definition) is 3. The second-order valence-electron chi connectivity index (χ2n) is 5.46. The first-order chi connectivity index (χ1) is 11.4. The fraction of sp³-hybridized carbons (Fsp3) is 0.0625. The van der Waals surface area contributed by atoms with Crippen LogP contribution < -0.4 is 9.62 Å². The molecule has 0 saturated heterocycles. The quantitative estimate of drug-likeness (QED) is 0.539. The van der Waals surface area contributed by atoms with Crippen molar-refractivity contribution in [3.05, 3.63) is 65.4 Å². The van der Waals surface area contributed by atoms with Crippen LogP contribution in [0.1, 0.15) is 17.2 Å². The van der Waals surface area contributed by atoms with E-state index in [0.717, 1.165) is 0 Å². The number of benzene rings is 2. The number of anilines is 2. The van der Waals surface area contributed by atoms with Gasteiger partial charge in [-0.3, -0.25) is 9.35 Å². The first-order valence-corrected chi connectivity index (χ1v) is 8.49. The summed E-state index contributed by atoms with van der Waals surface area (Å²) in [5.74, 6) is -0.535. The molecule has 0 saturated carbocycles. The largest absolute Gasteiger partial charge is 0.382 e. The van der Waals surface area contributed by atoms with Crippen LogP contribution in [0.4, 0.5) is 11.4 Å². The molecule has 0 spiro atoms. The monoisotopic (exact) mass is 344 g/mol. The Morgan fingerprint density at radius 3 is 2.46 bits per heavy atom. The third-order valence-electron chi connectivity index (χ3n) is 4.09. The molecule has 0 aliphatic carbocycles. The van der Waals surface area contributed by atoms with Crippen LogP contribution >= 0.6 is 0 Å². The Bertz CT molecular complexity index is 1010. The van der Waals surface area contributed by atoms with Gasteiger partial charge in [-0.2, -0.15) is 8.42 Å². The van der Waals surface area contributed by atoms with Gasteiger partial charge < -0.3 is 10.4 Å². The summed E-state index contributed by atoms with van der Waals surface area (Å²) in [5.41, 5.74) is 1.25.